The SMILES string of the molecule is CC(=O)Oc1ccccc1NC(=O)Nc1ccc([N+](=O)[O-])cc1O. The monoisotopic (exact) mass is 331 g/mol. The molecule has 124 valence electrons. The number of anilines is 2. The summed E-state index contributed by atoms with van der Waals surface area (Å²) in [5, 5.41) is 25.1. The maximum atomic E-state index is 12.0. The average Bonchev–Trinajstić information content (AvgIpc) is 2.50. The van der Waals surface area contributed by atoms with Crippen LogP contribution in [-0.2, 0) is 4.79 Å². The Hall–Kier alpha value is -3.62. The van der Waals surface area contributed by atoms with Crippen LogP contribution in [0.2, 0.25) is 0 Å². The van der Waals surface area contributed by atoms with E-state index >= 15 is 0 Å². The number of carbonyl (C=O) groups excluding carboxylic acids is 2. The van der Waals surface area contributed by atoms with Crippen molar-refractivity contribution in [3.63, 3.8) is 0 Å². The van der Waals surface area contributed by atoms with Gasteiger partial charge in [-0.05, 0) is 18.2 Å². The number of hydrogen-bond acceptors (Lipinski definition) is 6. The fourth-order valence-electron chi connectivity index (χ4n) is 1.83. The summed E-state index contributed by atoms with van der Waals surface area (Å²) in [5.41, 5.74) is -0.0756. The molecule has 0 saturated heterocycles. The van der Waals surface area contributed by atoms with Gasteiger partial charge in [-0.2, -0.15) is 0 Å². The molecule has 0 saturated carbocycles. The number of aromatic hydroxyl groups is 1. The summed E-state index contributed by atoms with van der Waals surface area (Å²) in [6.45, 7) is 1.23. The number of phenols is 1. The summed E-state index contributed by atoms with van der Waals surface area (Å²) in [6, 6.07) is 8.82. The molecule has 2 aromatic rings. The molecule has 9 heteroatoms. The number of nitro groups is 1. The average molecular weight is 331 g/mol. The van der Waals surface area contributed by atoms with E-state index in [1.807, 2.05) is 0 Å². The lowest BCUT2D eigenvalue weighted by atomic mass is 10.2. The molecule has 0 heterocycles. The Morgan fingerprint density at radius 3 is 2.42 bits per heavy atom. The van der Waals surface area contributed by atoms with E-state index in [-0.39, 0.29) is 22.8 Å². The Kier molecular flexibility index (Phi) is 4.95. The number of non-ortho nitro benzene ring substituents is 1. The van der Waals surface area contributed by atoms with Crippen LogP contribution in [-0.4, -0.2) is 22.0 Å². The van der Waals surface area contributed by atoms with E-state index in [4.69, 9.17) is 4.74 Å². The van der Waals surface area contributed by atoms with Gasteiger partial charge in [0, 0.05) is 13.0 Å². The van der Waals surface area contributed by atoms with E-state index in [1.165, 1.54) is 25.1 Å². The Morgan fingerprint density at radius 1 is 1.12 bits per heavy atom. The van der Waals surface area contributed by atoms with Gasteiger partial charge in [-0.3, -0.25) is 14.9 Å². The van der Waals surface area contributed by atoms with Crippen LogP contribution in [0, 0.1) is 10.1 Å². The molecule has 0 aliphatic heterocycles. The molecule has 0 aromatic heterocycles. The van der Waals surface area contributed by atoms with Crippen LogP contribution < -0.4 is 15.4 Å². The lowest BCUT2D eigenvalue weighted by Crippen LogP contribution is -2.20. The van der Waals surface area contributed by atoms with Gasteiger partial charge in [0.2, 0.25) is 0 Å². The summed E-state index contributed by atoms with van der Waals surface area (Å²) in [4.78, 5) is 33.0. The van der Waals surface area contributed by atoms with Gasteiger partial charge in [0.05, 0.1) is 22.4 Å². The van der Waals surface area contributed by atoms with Crippen molar-refractivity contribution in [2.45, 2.75) is 6.92 Å². The second-order valence-electron chi connectivity index (χ2n) is 4.63. The molecule has 0 spiro atoms. The van der Waals surface area contributed by atoms with E-state index < -0.39 is 22.7 Å². The zero-order valence-corrected chi connectivity index (χ0v) is 12.5. The number of nitro benzene ring substituents is 1. The van der Waals surface area contributed by atoms with Crippen LogP contribution in [0.3, 0.4) is 0 Å². The largest absolute Gasteiger partial charge is 0.506 e. The first-order valence-corrected chi connectivity index (χ1v) is 6.69. The van der Waals surface area contributed by atoms with Crippen LogP contribution >= 0.6 is 0 Å². The highest BCUT2D eigenvalue weighted by atomic mass is 16.6. The van der Waals surface area contributed by atoms with Gasteiger partial charge in [0.25, 0.3) is 5.69 Å². The van der Waals surface area contributed by atoms with Gasteiger partial charge in [0.1, 0.15) is 5.75 Å². The number of amides is 2. The third kappa shape index (κ3) is 4.19. The number of carbonyl (C=O) groups is 2. The van der Waals surface area contributed by atoms with Crippen molar-refractivity contribution in [1.82, 2.24) is 0 Å². The first kappa shape index (κ1) is 16.7. The second kappa shape index (κ2) is 7.09. The smallest absolute Gasteiger partial charge is 0.323 e. The van der Waals surface area contributed by atoms with Crippen LogP contribution in [0.5, 0.6) is 11.5 Å². The summed E-state index contributed by atoms with van der Waals surface area (Å²) < 4.78 is 4.96. The van der Waals surface area contributed by atoms with Gasteiger partial charge >= 0.3 is 12.0 Å². The molecule has 2 amide bonds. The highest BCUT2D eigenvalue weighted by Crippen LogP contribution is 2.29. The molecule has 0 aliphatic carbocycles. The molecular weight excluding hydrogens is 318 g/mol. The van der Waals surface area contributed by atoms with Gasteiger partial charge < -0.3 is 20.5 Å². The zero-order valence-electron chi connectivity index (χ0n) is 12.5. The maximum Gasteiger partial charge on any atom is 0.323 e. The molecule has 0 unspecified atom stereocenters. The summed E-state index contributed by atoms with van der Waals surface area (Å²) in [5.74, 6) is -0.835. The first-order valence-electron chi connectivity index (χ1n) is 6.69. The minimum Gasteiger partial charge on any atom is -0.506 e. The number of nitrogens with one attached hydrogen (secondary N) is 2. The van der Waals surface area contributed by atoms with E-state index in [0.717, 1.165) is 12.1 Å². The van der Waals surface area contributed by atoms with Crippen molar-refractivity contribution in [2.24, 2.45) is 0 Å². The van der Waals surface area contributed by atoms with Crippen molar-refractivity contribution < 1.29 is 24.4 Å². The number of benzene rings is 2. The van der Waals surface area contributed by atoms with Crippen molar-refractivity contribution >= 4 is 29.1 Å². The highest BCUT2D eigenvalue weighted by Gasteiger charge is 2.13. The van der Waals surface area contributed by atoms with Crippen molar-refractivity contribution in [1.29, 1.82) is 0 Å². The Bertz CT molecular complexity index is 806. The molecule has 24 heavy (non-hydrogen) atoms. The molecule has 0 aliphatic rings. The van der Waals surface area contributed by atoms with Gasteiger partial charge in [-0.1, -0.05) is 12.1 Å². The molecule has 9 nitrogen and oxygen atoms in total. The molecule has 0 radical (unpaired) electrons. The van der Waals surface area contributed by atoms with E-state index in [2.05, 4.69) is 10.6 Å². The van der Waals surface area contributed by atoms with Crippen molar-refractivity contribution in [3.05, 3.63) is 52.6 Å². The fourth-order valence-corrected chi connectivity index (χ4v) is 1.83. The minimum absolute atomic E-state index is 0.0110. The third-order valence-electron chi connectivity index (χ3n) is 2.83. The quantitative estimate of drug-likeness (QED) is 0.259. The van der Waals surface area contributed by atoms with Crippen LogP contribution in [0.25, 0.3) is 0 Å². The van der Waals surface area contributed by atoms with Crippen molar-refractivity contribution in [3.8, 4) is 11.5 Å². The highest BCUT2D eigenvalue weighted by molar-refractivity contribution is 6.01. The third-order valence-corrected chi connectivity index (χ3v) is 2.83. The number of para-hydroxylation sites is 2. The lowest BCUT2D eigenvalue weighted by Gasteiger charge is -2.11. The Balaban J connectivity index is 2.12. The number of nitrogens with zero attached hydrogens (tertiary/aromatic N) is 1. The summed E-state index contributed by atoms with van der Waals surface area (Å²) >= 11 is 0. The summed E-state index contributed by atoms with van der Waals surface area (Å²) in [6.07, 6.45) is 0. The van der Waals surface area contributed by atoms with E-state index in [9.17, 15) is 24.8 Å². The normalized spacial score (nSPS) is 9.88. The lowest BCUT2D eigenvalue weighted by molar-refractivity contribution is -0.384. The number of phenolic OH excluding ortho intramolecular Hbond substituents is 1. The predicted octanol–water partition coefficient (Wildman–Crippen LogP) is 2.87. The Labute approximate surface area is 136 Å². The number of rotatable bonds is 4. The molecule has 0 fully saturated rings. The molecule has 3 N–H and O–H groups in total. The van der Waals surface area contributed by atoms with Crippen LogP contribution in [0.1, 0.15) is 6.92 Å². The van der Waals surface area contributed by atoms with Crippen molar-refractivity contribution in [2.75, 3.05) is 10.6 Å². The summed E-state index contributed by atoms with van der Waals surface area (Å²) in [7, 11) is 0. The zero-order chi connectivity index (χ0) is 17.7. The molecule has 0 bridgehead atoms. The van der Waals surface area contributed by atoms with E-state index in [0.29, 0.717) is 0 Å². The molecule has 0 atom stereocenters. The number of hydrogen-bond donors (Lipinski definition) is 3. The molecule has 2 rings (SSSR count). The fraction of sp³-hybridized carbons (Fsp3) is 0.0667. The number of esters is 1. The molecular formula is C15H13N3O6. The van der Waals surface area contributed by atoms with Crippen LogP contribution in [0.15, 0.2) is 42.5 Å². The van der Waals surface area contributed by atoms with Gasteiger partial charge in [-0.15, -0.1) is 0 Å². The standard InChI is InChI=1S/C15H13N3O6/c1-9(19)24-14-5-3-2-4-12(14)17-15(21)16-11-7-6-10(18(22)23)8-13(11)20/h2-8,20H,1H3,(H2,16,17,21). The van der Waals surface area contributed by atoms with Gasteiger partial charge in [0.15, 0.2) is 5.75 Å². The maximum absolute atomic E-state index is 12.0. The van der Waals surface area contributed by atoms with Gasteiger partial charge in [-0.25, -0.2) is 4.79 Å². The number of urea groups is 1. The van der Waals surface area contributed by atoms with Crippen LogP contribution in [0.4, 0.5) is 21.9 Å². The Morgan fingerprint density at radius 2 is 1.79 bits per heavy atom. The second-order valence-corrected chi connectivity index (χ2v) is 4.63. The van der Waals surface area contributed by atoms with E-state index in [1.54, 1.807) is 12.1 Å². The number of ether oxygens (including phenoxy) is 1. The topological polar surface area (TPSA) is 131 Å². The minimum atomic E-state index is -0.723. The molecule has 2 aromatic carbocycles. The predicted molar refractivity (Wildman–Crippen MR) is 85.2 cm³/mol. The first-order chi connectivity index (χ1) is 11.4.